The van der Waals surface area contributed by atoms with Crippen molar-refractivity contribution in [1.82, 2.24) is 0 Å². The number of rotatable bonds is 1. The first-order valence-electron chi connectivity index (χ1n) is 4.09. The first-order valence-corrected chi connectivity index (χ1v) is 4.09. The molecule has 2 N–H and O–H groups in total. The van der Waals surface area contributed by atoms with Crippen LogP contribution in [0.1, 0.15) is 33.3 Å². The van der Waals surface area contributed by atoms with Crippen LogP contribution in [0.3, 0.4) is 0 Å². The molecule has 0 bridgehead atoms. The van der Waals surface area contributed by atoms with Crippen molar-refractivity contribution in [3.05, 3.63) is 35.9 Å². The average molecular weight is 167 g/mol. The molecule has 0 heterocycles. The fourth-order valence-corrected chi connectivity index (χ4v) is 0.614. The lowest BCUT2D eigenvalue weighted by molar-refractivity contribution is 1.07. The molecule has 1 aromatic carbocycles. The van der Waals surface area contributed by atoms with Gasteiger partial charge in [-0.25, -0.2) is 0 Å². The zero-order valence-corrected chi connectivity index (χ0v) is 7.38. The molecule has 0 atom stereocenters. The van der Waals surface area contributed by atoms with Gasteiger partial charge in [0.1, 0.15) is 0 Å². The largest absolute Gasteiger partial charge is 0.326 e. The van der Waals surface area contributed by atoms with E-state index in [0.717, 1.165) is 0 Å². The minimum atomic E-state index is 0. The Labute approximate surface area is 76.6 Å². The molecule has 0 spiro atoms. The van der Waals surface area contributed by atoms with E-state index in [0.29, 0.717) is 6.54 Å². The molecule has 0 aliphatic carbocycles. The van der Waals surface area contributed by atoms with Crippen molar-refractivity contribution in [2.75, 3.05) is 0 Å². The van der Waals surface area contributed by atoms with Crippen molar-refractivity contribution < 1.29 is 0 Å². The van der Waals surface area contributed by atoms with Crippen LogP contribution in [0.15, 0.2) is 30.3 Å². The Morgan fingerprint density at radius 1 is 1.08 bits per heavy atom. The lowest BCUT2D eigenvalue weighted by Crippen LogP contribution is -1.94. The van der Waals surface area contributed by atoms with Gasteiger partial charge in [0.15, 0.2) is 0 Å². The van der Waals surface area contributed by atoms with Gasteiger partial charge in [-0.15, -0.1) is 0 Å². The Morgan fingerprint density at radius 2 is 1.50 bits per heavy atom. The maximum absolute atomic E-state index is 5.35. The van der Waals surface area contributed by atoms with Gasteiger partial charge in [-0.1, -0.05) is 58.0 Å². The molecule has 70 valence electrons. The van der Waals surface area contributed by atoms with Crippen molar-refractivity contribution >= 4 is 0 Å². The van der Waals surface area contributed by atoms with Gasteiger partial charge in [0.25, 0.3) is 0 Å². The van der Waals surface area contributed by atoms with Gasteiger partial charge in [0.05, 0.1) is 0 Å². The van der Waals surface area contributed by atoms with E-state index in [1.807, 2.05) is 30.3 Å². The molecule has 0 saturated heterocycles. The molecule has 0 saturated carbocycles. The molecule has 1 heteroatoms. The molecule has 1 aromatic rings. The second-order valence-corrected chi connectivity index (χ2v) is 2.40. The maximum Gasteiger partial charge on any atom is 0.0178 e. The van der Waals surface area contributed by atoms with Crippen molar-refractivity contribution in [3.8, 4) is 0 Å². The summed E-state index contributed by atoms with van der Waals surface area (Å²) in [5, 5.41) is 0. The van der Waals surface area contributed by atoms with Crippen LogP contribution in [0.5, 0.6) is 0 Å². The van der Waals surface area contributed by atoms with Crippen LogP contribution in [-0.2, 0) is 6.54 Å². The van der Waals surface area contributed by atoms with Crippen molar-refractivity contribution in [3.63, 3.8) is 0 Å². The highest BCUT2D eigenvalue weighted by Gasteiger charge is 1.80. The molecule has 0 fully saturated rings. The summed E-state index contributed by atoms with van der Waals surface area (Å²) in [6, 6.07) is 9.99. The van der Waals surface area contributed by atoms with E-state index < -0.39 is 0 Å². The molecule has 0 unspecified atom stereocenters. The van der Waals surface area contributed by atoms with Crippen molar-refractivity contribution in [1.29, 1.82) is 0 Å². The van der Waals surface area contributed by atoms with Crippen LogP contribution >= 0.6 is 0 Å². The van der Waals surface area contributed by atoms with Crippen molar-refractivity contribution in [2.24, 2.45) is 5.73 Å². The predicted octanol–water partition coefficient (Wildman–Crippen LogP) is 3.20. The lowest BCUT2D eigenvalue weighted by Gasteiger charge is -1.90. The number of hydrogen-bond acceptors (Lipinski definition) is 1. The van der Waals surface area contributed by atoms with E-state index in [9.17, 15) is 0 Å². The summed E-state index contributed by atoms with van der Waals surface area (Å²) in [6.07, 6.45) is 1.25. The summed E-state index contributed by atoms with van der Waals surface area (Å²) < 4.78 is 0. The summed E-state index contributed by atoms with van der Waals surface area (Å²) in [4.78, 5) is 0. The highest BCUT2D eigenvalue weighted by molar-refractivity contribution is 5.13. The Hall–Kier alpha value is -0.820. The van der Waals surface area contributed by atoms with Gasteiger partial charge in [-0.05, 0) is 5.56 Å². The van der Waals surface area contributed by atoms with Crippen molar-refractivity contribution in [2.45, 2.75) is 34.2 Å². The second kappa shape index (κ2) is 10.2. The predicted molar refractivity (Wildman–Crippen MR) is 57.0 cm³/mol. The monoisotopic (exact) mass is 167 g/mol. The summed E-state index contributed by atoms with van der Waals surface area (Å²) >= 11 is 0. The Balaban J connectivity index is 0. The number of hydrogen-bond donors (Lipinski definition) is 1. The Morgan fingerprint density at radius 3 is 1.75 bits per heavy atom. The minimum Gasteiger partial charge on any atom is -0.326 e. The zero-order valence-electron chi connectivity index (χ0n) is 7.38. The third-order valence-electron chi connectivity index (χ3n) is 1.08. The topological polar surface area (TPSA) is 26.0 Å². The first kappa shape index (κ1) is 13.7. The average Bonchev–Trinajstić information content (AvgIpc) is 2.08. The second-order valence-electron chi connectivity index (χ2n) is 2.40. The van der Waals surface area contributed by atoms with E-state index in [2.05, 4.69) is 13.8 Å². The third kappa shape index (κ3) is 7.29. The summed E-state index contributed by atoms with van der Waals surface area (Å²) in [6.45, 7) is 4.89. The highest BCUT2D eigenvalue weighted by atomic mass is 14.5. The molecule has 0 aromatic heterocycles. The molecule has 0 aliphatic rings. The van der Waals surface area contributed by atoms with Crippen LogP contribution < -0.4 is 5.73 Å². The van der Waals surface area contributed by atoms with Gasteiger partial charge in [0.2, 0.25) is 0 Å². The fraction of sp³-hybridized carbons (Fsp3) is 0.455. The van der Waals surface area contributed by atoms with Gasteiger partial charge < -0.3 is 5.73 Å². The van der Waals surface area contributed by atoms with Crippen LogP contribution in [0, 0.1) is 0 Å². The summed E-state index contributed by atoms with van der Waals surface area (Å²) in [5.74, 6) is 0. The van der Waals surface area contributed by atoms with Crippen LogP contribution in [0.4, 0.5) is 0 Å². The van der Waals surface area contributed by atoms with E-state index >= 15 is 0 Å². The lowest BCUT2D eigenvalue weighted by atomic mass is 10.2. The van der Waals surface area contributed by atoms with Gasteiger partial charge in [-0.3, -0.25) is 0 Å². The summed E-state index contributed by atoms with van der Waals surface area (Å²) in [5.41, 5.74) is 6.54. The first-order chi connectivity index (χ1) is 5.35. The molecule has 0 amide bonds. The fourth-order valence-electron chi connectivity index (χ4n) is 0.614. The Bertz CT molecular complexity index is 158. The normalized spacial score (nSPS) is 7.58. The number of benzene rings is 1. The maximum atomic E-state index is 5.35. The standard InChI is InChI=1S/C7H9N.C3H8.CH4/c8-6-7-4-2-1-3-5-7;1-3-2;/h1-5H,6,8H2;3H2,1-2H3;1H4. The molecule has 1 nitrogen and oxygen atoms in total. The zero-order chi connectivity index (χ0) is 8.53. The molecule has 0 aliphatic heterocycles. The molecule has 1 rings (SSSR count). The SMILES string of the molecule is C.CCC.NCc1ccccc1. The smallest absolute Gasteiger partial charge is 0.0178 e. The van der Waals surface area contributed by atoms with Gasteiger partial charge in [0, 0.05) is 6.54 Å². The molecular weight excluding hydrogens is 146 g/mol. The van der Waals surface area contributed by atoms with Crippen LogP contribution in [0.2, 0.25) is 0 Å². The third-order valence-corrected chi connectivity index (χ3v) is 1.08. The molecule has 0 radical (unpaired) electrons. The van der Waals surface area contributed by atoms with Gasteiger partial charge >= 0.3 is 0 Å². The minimum absolute atomic E-state index is 0. The Kier molecular flexibility index (Phi) is 11.7. The van der Waals surface area contributed by atoms with E-state index in [-0.39, 0.29) is 7.43 Å². The molecular formula is C11H21N. The van der Waals surface area contributed by atoms with Gasteiger partial charge in [-0.2, -0.15) is 0 Å². The van der Waals surface area contributed by atoms with E-state index in [1.165, 1.54) is 12.0 Å². The van der Waals surface area contributed by atoms with Crippen LogP contribution in [0.25, 0.3) is 0 Å². The molecule has 12 heavy (non-hydrogen) atoms. The van der Waals surface area contributed by atoms with Crippen LogP contribution in [-0.4, -0.2) is 0 Å². The number of nitrogens with two attached hydrogens (primary N) is 1. The summed E-state index contributed by atoms with van der Waals surface area (Å²) in [7, 11) is 0. The van der Waals surface area contributed by atoms with E-state index in [1.54, 1.807) is 0 Å². The highest BCUT2D eigenvalue weighted by Crippen LogP contribution is 1.94. The quantitative estimate of drug-likeness (QED) is 0.683. The van der Waals surface area contributed by atoms with E-state index in [4.69, 9.17) is 5.73 Å².